The van der Waals surface area contributed by atoms with Gasteiger partial charge in [-0.1, -0.05) is 0 Å². The van der Waals surface area contributed by atoms with E-state index < -0.39 is 0 Å². The molecule has 1 heterocycles. The first-order valence-electron chi connectivity index (χ1n) is 3.62. The molecule has 1 nitrogen and oxygen atoms in total. The third kappa shape index (κ3) is 0.752. The summed E-state index contributed by atoms with van der Waals surface area (Å²) in [6.45, 7) is 5.11. The standard InChI is InChI=1S/C7H13N/c1-6(7-2-3-7)8-4-5-8/h6-7H,2-5H2,1H3. The summed E-state index contributed by atoms with van der Waals surface area (Å²) in [6, 6.07) is 0.926. The summed E-state index contributed by atoms with van der Waals surface area (Å²) in [5.41, 5.74) is 0. The Morgan fingerprint density at radius 2 is 2.00 bits per heavy atom. The van der Waals surface area contributed by atoms with Gasteiger partial charge < -0.3 is 0 Å². The monoisotopic (exact) mass is 111 g/mol. The highest BCUT2D eigenvalue weighted by atomic mass is 15.3. The van der Waals surface area contributed by atoms with E-state index in [1.807, 2.05) is 0 Å². The van der Waals surface area contributed by atoms with Gasteiger partial charge in [-0.2, -0.15) is 0 Å². The minimum absolute atomic E-state index is 0.926. The zero-order valence-electron chi connectivity index (χ0n) is 5.43. The van der Waals surface area contributed by atoms with Crippen molar-refractivity contribution in [3.05, 3.63) is 0 Å². The van der Waals surface area contributed by atoms with Crippen molar-refractivity contribution in [1.82, 2.24) is 4.90 Å². The van der Waals surface area contributed by atoms with E-state index in [1.54, 1.807) is 0 Å². The van der Waals surface area contributed by atoms with Crippen LogP contribution in [0, 0.1) is 5.92 Å². The second-order valence-corrected chi connectivity index (χ2v) is 3.11. The van der Waals surface area contributed by atoms with E-state index in [0.29, 0.717) is 0 Å². The zero-order chi connectivity index (χ0) is 5.56. The number of hydrogen-bond acceptors (Lipinski definition) is 1. The van der Waals surface area contributed by atoms with Crippen LogP contribution in [0.1, 0.15) is 19.8 Å². The van der Waals surface area contributed by atoms with E-state index in [0.717, 1.165) is 12.0 Å². The lowest BCUT2D eigenvalue weighted by Gasteiger charge is -2.08. The molecule has 1 aliphatic heterocycles. The van der Waals surface area contributed by atoms with Gasteiger partial charge in [-0.05, 0) is 25.7 Å². The Kier molecular flexibility index (Phi) is 0.884. The predicted molar refractivity (Wildman–Crippen MR) is 33.8 cm³/mol. The quantitative estimate of drug-likeness (QED) is 0.482. The molecule has 1 saturated heterocycles. The van der Waals surface area contributed by atoms with E-state index in [1.165, 1.54) is 25.9 Å². The van der Waals surface area contributed by atoms with Gasteiger partial charge in [0.25, 0.3) is 0 Å². The maximum atomic E-state index is 2.55. The van der Waals surface area contributed by atoms with Crippen LogP contribution in [0.5, 0.6) is 0 Å². The Balaban J connectivity index is 1.84. The maximum Gasteiger partial charge on any atom is 0.0113 e. The summed E-state index contributed by atoms with van der Waals surface area (Å²) in [6.07, 6.45) is 3.00. The molecule has 1 atom stereocenters. The molecule has 0 N–H and O–H groups in total. The van der Waals surface area contributed by atoms with Gasteiger partial charge in [-0.25, -0.2) is 0 Å². The molecule has 0 spiro atoms. The molecule has 0 aromatic heterocycles. The fraction of sp³-hybridized carbons (Fsp3) is 1.00. The first kappa shape index (κ1) is 4.80. The van der Waals surface area contributed by atoms with E-state index in [-0.39, 0.29) is 0 Å². The Labute approximate surface area is 50.7 Å². The van der Waals surface area contributed by atoms with Crippen molar-refractivity contribution >= 4 is 0 Å². The lowest BCUT2D eigenvalue weighted by molar-refractivity contribution is 0.386. The minimum atomic E-state index is 0.926. The van der Waals surface area contributed by atoms with Crippen LogP contribution in [0.25, 0.3) is 0 Å². The third-order valence-corrected chi connectivity index (χ3v) is 2.36. The lowest BCUT2D eigenvalue weighted by Crippen LogP contribution is -2.15. The van der Waals surface area contributed by atoms with E-state index in [9.17, 15) is 0 Å². The van der Waals surface area contributed by atoms with E-state index >= 15 is 0 Å². The Hall–Kier alpha value is -0.0400. The van der Waals surface area contributed by atoms with Crippen molar-refractivity contribution in [2.45, 2.75) is 25.8 Å². The fourth-order valence-electron chi connectivity index (χ4n) is 1.34. The van der Waals surface area contributed by atoms with Crippen LogP contribution in [-0.2, 0) is 0 Å². The normalized spacial score (nSPS) is 32.6. The Morgan fingerprint density at radius 1 is 1.38 bits per heavy atom. The van der Waals surface area contributed by atoms with Crippen molar-refractivity contribution in [2.24, 2.45) is 5.92 Å². The first-order chi connectivity index (χ1) is 3.88. The highest BCUT2D eigenvalue weighted by Gasteiger charge is 2.35. The van der Waals surface area contributed by atoms with Crippen LogP contribution in [0.2, 0.25) is 0 Å². The molecule has 0 radical (unpaired) electrons. The van der Waals surface area contributed by atoms with Crippen molar-refractivity contribution in [1.29, 1.82) is 0 Å². The average molecular weight is 111 g/mol. The molecule has 8 heavy (non-hydrogen) atoms. The molecule has 0 bridgehead atoms. The molecule has 0 amide bonds. The molecule has 46 valence electrons. The molecular formula is C7H13N. The summed E-state index contributed by atoms with van der Waals surface area (Å²) in [4.78, 5) is 2.55. The fourth-order valence-corrected chi connectivity index (χ4v) is 1.34. The highest BCUT2D eigenvalue weighted by molar-refractivity contribution is 4.90. The van der Waals surface area contributed by atoms with Crippen LogP contribution in [-0.4, -0.2) is 24.0 Å². The van der Waals surface area contributed by atoms with Crippen molar-refractivity contribution in [3.63, 3.8) is 0 Å². The number of nitrogens with zero attached hydrogens (tertiary/aromatic N) is 1. The Morgan fingerprint density at radius 3 is 2.38 bits per heavy atom. The summed E-state index contributed by atoms with van der Waals surface area (Å²) in [5, 5.41) is 0. The van der Waals surface area contributed by atoms with Crippen molar-refractivity contribution in [2.75, 3.05) is 13.1 Å². The van der Waals surface area contributed by atoms with Crippen LogP contribution >= 0.6 is 0 Å². The second-order valence-electron chi connectivity index (χ2n) is 3.11. The first-order valence-corrected chi connectivity index (χ1v) is 3.62. The molecule has 2 rings (SSSR count). The second kappa shape index (κ2) is 1.47. The van der Waals surface area contributed by atoms with Gasteiger partial charge in [0.1, 0.15) is 0 Å². The van der Waals surface area contributed by atoms with Gasteiger partial charge in [0.2, 0.25) is 0 Å². The molecule has 2 fully saturated rings. The van der Waals surface area contributed by atoms with Gasteiger partial charge in [-0.15, -0.1) is 0 Å². The number of hydrogen-bond donors (Lipinski definition) is 0. The molecule has 0 aromatic carbocycles. The molecule has 1 unspecified atom stereocenters. The average Bonchev–Trinajstić information content (AvgIpc) is 2.63. The van der Waals surface area contributed by atoms with Crippen LogP contribution in [0.4, 0.5) is 0 Å². The zero-order valence-corrected chi connectivity index (χ0v) is 5.43. The van der Waals surface area contributed by atoms with Gasteiger partial charge >= 0.3 is 0 Å². The van der Waals surface area contributed by atoms with Gasteiger partial charge in [0, 0.05) is 19.1 Å². The lowest BCUT2D eigenvalue weighted by atomic mass is 10.2. The Bertz CT molecular complexity index is 80.6. The summed E-state index contributed by atoms with van der Waals surface area (Å²) >= 11 is 0. The third-order valence-electron chi connectivity index (χ3n) is 2.36. The van der Waals surface area contributed by atoms with Gasteiger partial charge in [0.05, 0.1) is 0 Å². The molecule has 2 aliphatic rings. The SMILES string of the molecule is CC(C1CC1)N1CC1. The van der Waals surface area contributed by atoms with Crippen LogP contribution in [0.15, 0.2) is 0 Å². The van der Waals surface area contributed by atoms with Gasteiger partial charge in [-0.3, -0.25) is 4.90 Å². The predicted octanol–water partition coefficient (Wildman–Crippen LogP) is 1.10. The maximum absolute atomic E-state index is 2.55. The van der Waals surface area contributed by atoms with Crippen LogP contribution < -0.4 is 0 Å². The van der Waals surface area contributed by atoms with Crippen molar-refractivity contribution in [3.8, 4) is 0 Å². The van der Waals surface area contributed by atoms with E-state index in [4.69, 9.17) is 0 Å². The largest absolute Gasteiger partial charge is 0.298 e. The highest BCUT2D eigenvalue weighted by Crippen LogP contribution is 2.36. The summed E-state index contributed by atoms with van der Waals surface area (Å²) in [7, 11) is 0. The molecule has 1 saturated carbocycles. The molecular weight excluding hydrogens is 98.1 g/mol. The molecule has 0 aromatic rings. The van der Waals surface area contributed by atoms with Crippen LogP contribution in [0.3, 0.4) is 0 Å². The van der Waals surface area contributed by atoms with E-state index in [2.05, 4.69) is 11.8 Å². The topological polar surface area (TPSA) is 3.01 Å². The minimum Gasteiger partial charge on any atom is -0.298 e. The molecule has 1 aliphatic carbocycles. The summed E-state index contributed by atoms with van der Waals surface area (Å²) in [5.74, 6) is 1.08. The number of rotatable bonds is 2. The van der Waals surface area contributed by atoms with Gasteiger partial charge in [0.15, 0.2) is 0 Å². The molecule has 1 heteroatoms. The summed E-state index contributed by atoms with van der Waals surface area (Å²) < 4.78 is 0. The smallest absolute Gasteiger partial charge is 0.0113 e. The van der Waals surface area contributed by atoms with Crippen molar-refractivity contribution < 1.29 is 0 Å².